The first-order chi connectivity index (χ1) is 17.0. The minimum absolute atomic E-state index is 0.0225. The van der Waals surface area contributed by atoms with Crippen molar-refractivity contribution in [2.24, 2.45) is 7.05 Å². The molecule has 5 rings (SSSR count). The van der Waals surface area contributed by atoms with Crippen molar-refractivity contribution in [1.82, 2.24) is 24.3 Å². The molecule has 35 heavy (non-hydrogen) atoms. The lowest BCUT2D eigenvalue weighted by atomic mass is 10.0. The average molecular weight is 497 g/mol. The third-order valence-corrected chi connectivity index (χ3v) is 8.21. The third kappa shape index (κ3) is 5.22. The number of carbonyl (C=O) groups excluding carboxylic acids is 2. The predicted octanol–water partition coefficient (Wildman–Crippen LogP) is 2.11. The molecule has 2 aromatic rings. The zero-order valence-corrected chi connectivity index (χ0v) is 21.1. The lowest BCUT2D eigenvalue weighted by molar-refractivity contribution is 0.0679. The van der Waals surface area contributed by atoms with Crippen molar-refractivity contribution in [2.75, 3.05) is 32.5 Å². The van der Waals surface area contributed by atoms with Gasteiger partial charge in [-0.25, -0.2) is 4.31 Å². The highest BCUT2D eigenvalue weighted by Crippen LogP contribution is 2.47. The highest BCUT2D eigenvalue weighted by molar-refractivity contribution is 7.97. The van der Waals surface area contributed by atoms with Crippen LogP contribution in [0.5, 0.6) is 0 Å². The van der Waals surface area contributed by atoms with Crippen molar-refractivity contribution in [3.63, 3.8) is 0 Å². The van der Waals surface area contributed by atoms with E-state index in [1.807, 2.05) is 29.0 Å². The number of aliphatic hydroxyl groups is 1. The molecule has 2 aliphatic heterocycles. The zero-order chi connectivity index (χ0) is 25.0. The summed E-state index contributed by atoms with van der Waals surface area (Å²) in [6.45, 7) is 2.82. The fraction of sp³-hybridized carbons (Fsp3) is 0.520. The van der Waals surface area contributed by atoms with E-state index in [9.17, 15) is 9.59 Å². The van der Waals surface area contributed by atoms with E-state index in [0.29, 0.717) is 36.5 Å². The number of carbonyl (C=O) groups is 2. The van der Waals surface area contributed by atoms with Crippen molar-refractivity contribution in [3.8, 4) is 6.07 Å². The fourth-order valence-electron chi connectivity index (χ4n) is 4.82. The summed E-state index contributed by atoms with van der Waals surface area (Å²) >= 11 is 1.93. The van der Waals surface area contributed by atoms with E-state index in [4.69, 9.17) is 10.4 Å². The molecule has 1 aromatic carbocycles. The molecule has 2 fully saturated rings. The SMILES string of the molecule is CO.Cn1nc(C(=O)NCc2ccc(C#N)cc2)c2c1C(=O)N(CC1(N3CCCCS3)CC1)CC2. The molecule has 0 radical (unpaired) electrons. The van der Waals surface area contributed by atoms with Gasteiger partial charge in [0, 0.05) is 57.2 Å². The molecular weight excluding hydrogens is 464 g/mol. The average Bonchev–Trinajstić information content (AvgIpc) is 3.61. The van der Waals surface area contributed by atoms with Crippen molar-refractivity contribution in [1.29, 1.82) is 5.26 Å². The maximum Gasteiger partial charge on any atom is 0.272 e. The van der Waals surface area contributed by atoms with Gasteiger partial charge in [-0.2, -0.15) is 10.4 Å². The van der Waals surface area contributed by atoms with Crippen molar-refractivity contribution in [3.05, 3.63) is 52.3 Å². The summed E-state index contributed by atoms with van der Waals surface area (Å²) in [6.07, 6.45) is 5.43. The van der Waals surface area contributed by atoms with Crippen LogP contribution in [0.1, 0.15) is 63.4 Å². The Balaban J connectivity index is 0.00000141. The number of amides is 2. The standard InChI is InChI=1S/C24H28N6O2S.CH4O/c1-28-21-19(20(27-28)22(31)26-15-18-6-4-17(14-25)5-7-18)8-12-29(23(21)32)16-24(9-10-24)30-11-2-3-13-33-30;1-2/h4-7H,2-3,8-13,15-16H2,1H3,(H,26,31);2H,1H3. The largest absolute Gasteiger partial charge is 0.400 e. The highest BCUT2D eigenvalue weighted by atomic mass is 32.2. The van der Waals surface area contributed by atoms with Gasteiger partial charge in [0.25, 0.3) is 11.8 Å². The van der Waals surface area contributed by atoms with Crippen LogP contribution in [0.25, 0.3) is 0 Å². The summed E-state index contributed by atoms with van der Waals surface area (Å²) in [5.74, 6) is 0.870. The van der Waals surface area contributed by atoms with Gasteiger partial charge in [-0.1, -0.05) is 24.1 Å². The van der Waals surface area contributed by atoms with Gasteiger partial charge < -0.3 is 15.3 Å². The van der Waals surface area contributed by atoms with Gasteiger partial charge in [0.1, 0.15) is 5.69 Å². The normalized spacial score (nSPS) is 18.7. The minimum atomic E-state index is -0.277. The number of nitrogens with one attached hydrogen (secondary N) is 1. The Hall–Kier alpha value is -2.87. The van der Waals surface area contributed by atoms with Crippen LogP contribution in [0.4, 0.5) is 0 Å². The van der Waals surface area contributed by atoms with Crippen LogP contribution in [0.15, 0.2) is 24.3 Å². The number of fused-ring (bicyclic) bond motifs is 1. The van der Waals surface area contributed by atoms with Gasteiger partial charge in [-0.15, -0.1) is 0 Å². The summed E-state index contributed by atoms with van der Waals surface area (Å²) in [4.78, 5) is 28.2. The van der Waals surface area contributed by atoms with Crippen molar-refractivity contribution in [2.45, 2.75) is 44.2 Å². The third-order valence-electron chi connectivity index (χ3n) is 6.86. The van der Waals surface area contributed by atoms with Gasteiger partial charge in [0.05, 0.1) is 11.6 Å². The lowest BCUT2D eigenvalue weighted by Crippen LogP contribution is -2.49. The molecular formula is C25H32N6O3S. The monoisotopic (exact) mass is 496 g/mol. The molecule has 3 aliphatic rings. The molecule has 186 valence electrons. The zero-order valence-electron chi connectivity index (χ0n) is 20.3. The molecule has 0 unspecified atom stereocenters. The second-order valence-electron chi connectivity index (χ2n) is 9.13. The van der Waals surface area contributed by atoms with Crippen LogP contribution in [0.3, 0.4) is 0 Å². The summed E-state index contributed by atoms with van der Waals surface area (Å²) < 4.78 is 4.08. The van der Waals surface area contributed by atoms with Crippen LogP contribution < -0.4 is 5.32 Å². The molecule has 0 bridgehead atoms. The lowest BCUT2D eigenvalue weighted by Gasteiger charge is -2.38. The van der Waals surface area contributed by atoms with E-state index < -0.39 is 0 Å². The number of nitrogens with zero attached hydrogens (tertiary/aromatic N) is 5. The van der Waals surface area contributed by atoms with Gasteiger partial charge in [-0.05, 0) is 49.8 Å². The van der Waals surface area contributed by atoms with E-state index in [2.05, 4.69) is 20.8 Å². The molecule has 1 aliphatic carbocycles. The van der Waals surface area contributed by atoms with E-state index in [0.717, 1.165) is 44.2 Å². The van der Waals surface area contributed by atoms with Crippen LogP contribution in [0.2, 0.25) is 0 Å². The second-order valence-corrected chi connectivity index (χ2v) is 10.2. The van der Waals surface area contributed by atoms with Gasteiger partial charge in [0.2, 0.25) is 0 Å². The second kappa shape index (κ2) is 10.8. The molecule has 2 N–H and O–H groups in total. The number of nitriles is 1. The Bertz CT molecular complexity index is 1110. The van der Waals surface area contributed by atoms with E-state index >= 15 is 0 Å². The number of hydrogen-bond donors (Lipinski definition) is 2. The first kappa shape index (κ1) is 25.2. The minimum Gasteiger partial charge on any atom is -0.400 e. The van der Waals surface area contributed by atoms with Gasteiger partial charge >= 0.3 is 0 Å². The summed E-state index contributed by atoms with van der Waals surface area (Å²) in [5.41, 5.74) is 3.22. The van der Waals surface area contributed by atoms with Crippen molar-refractivity contribution >= 4 is 23.8 Å². The quantitative estimate of drug-likeness (QED) is 0.589. The molecule has 1 saturated heterocycles. The molecule has 9 nitrogen and oxygen atoms in total. The van der Waals surface area contributed by atoms with Gasteiger partial charge in [-0.3, -0.25) is 14.3 Å². The first-order valence-corrected chi connectivity index (χ1v) is 12.9. The Morgan fingerprint density at radius 3 is 2.60 bits per heavy atom. The number of rotatable bonds is 6. The number of hydrogen-bond acceptors (Lipinski definition) is 7. The summed E-state index contributed by atoms with van der Waals surface area (Å²) in [6, 6.07) is 9.19. The number of aromatic nitrogens is 2. The van der Waals surface area contributed by atoms with Crippen molar-refractivity contribution < 1.29 is 14.7 Å². The topological polar surface area (TPSA) is 114 Å². The van der Waals surface area contributed by atoms with E-state index in [-0.39, 0.29) is 17.4 Å². The van der Waals surface area contributed by atoms with E-state index in [1.54, 1.807) is 23.9 Å². The molecule has 10 heteroatoms. The van der Waals surface area contributed by atoms with Crippen LogP contribution in [-0.4, -0.2) is 73.9 Å². The Labute approximate surface area is 210 Å². The van der Waals surface area contributed by atoms with Crippen LogP contribution in [-0.2, 0) is 20.0 Å². The van der Waals surface area contributed by atoms with Gasteiger partial charge in [0.15, 0.2) is 5.69 Å². The summed E-state index contributed by atoms with van der Waals surface area (Å²) in [5, 5.41) is 23.2. The number of benzene rings is 1. The molecule has 0 spiro atoms. The smallest absolute Gasteiger partial charge is 0.272 e. The molecule has 1 aromatic heterocycles. The number of aliphatic hydroxyl groups excluding tert-OH is 1. The highest BCUT2D eigenvalue weighted by Gasteiger charge is 2.51. The molecule has 2 amide bonds. The number of aryl methyl sites for hydroxylation is 1. The molecule has 3 heterocycles. The maximum atomic E-state index is 13.4. The van der Waals surface area contributed by atoms with E-state index in [1.165, 1.54) is 18.6 Å². The maximum absolute atomic E-state index is 13.4. The van der Waals surface area contributed by atoms with Crippen LogP contribution >= 0.6 is 11.9 Å². The van der Waals surface area contributed by atoms with Crippen LogP contribution in [0, 0.1) is 11.3 Å². The predicted molar refractivity (Wildman–Crippen MR) is 134 cm³/mol. The Morgan fingerprint density at radius 1 is 1.23 bits per heavy atom. The molecule has 1 saturated carbocycles. The fourth-order valence-corrected chi connectivity index (χ4v) is 6.15. The Kier molecular flexibility index (Phi) is 7.79. The first-order valence-electron chi connectivity index (χ1n) is 12.0. The molecule has 0 atom stereocenters. The Morgan fingerprint density at radius 2 is 1.97 bits per heavy atom. The summed E-state index contributed by atoms with van der Waals surface area (Å²) in [7, 11) is 2.74.